The number of hydrogen-bond donors (Lipinski definition) is 1. The minimum absolute atomic E-state index is 0.187. The van der Waals surface area contributed by atoms with Crippen LogP contribution in [0.1, 0.15) is 51.4 Å². The molecular weight excluding hydrogens is 240 g/mol. The normalized spacial score (nSPS) is 28.6. The molecule has 106 valence electrons. The van der Waals surface area contributed by atoms with Crippen LogP contribution in [0, 0.1) is 23.2 Å². The summed E-state index contributed by atoms with van der Waals surface area (Å²) < 4.78 is 5.32. The summed E-state index contributed by atoms with van der Waals surface area (Å²) in [5, 5.41) is 12.0. The lowest BCUT2D eigenvalue weighted by Crippen LogP contribution is -2.37. The molecule has 1 N–H and O–H groups in total. The third-order valence-corrected chi connectivity index (χ3v) is 4.40. The van der Waals surface area contributed by atoms with Gasteiger partial charge < -0.3 is 10.1 Å². The number of carbonyl (C=O) groups is 1. The third-order valence-electron chi connectivity index (χ3n) is 4.40. The zero-order chi connectivity index (χ0) is 13.5. The third kappa shape index (κ3) is 4.83. The molecule has 0 aromatic rings. The smallest absolute Gasteiger partial charge is 0.220 e. The van der Waals surface area contributed by atoms with E-state index in [4.69, 9.17) is 10.00 Å². The van der Waals surface area contributed by atoms with Crippen molar-refractivity contribution < 1.29 is 9.53 Å². The Kier molecular flexibility index (Phi) is 5.65. The van der Waals surface area contributed by atoms with Crippen LogP contribution in [0.25, 0.3) is 0 Å². The molecule has 0 bridgehead atoms. The van der Waals surface area contributed by atoms with E-state index in [2.05, 4.69) is 11.4 Å². The first kappa shape index (κ1) is 14.3. The molecule has 0 spiro atoms. The molecule has 0 aromatic carbocycles. The summed E-state index contributed by atoms with van der Waals surface area (Å²) in [5.74, 6) is 1.05. The molecule has 4 nitrogen and oxygen atoms in total. The predicted molar refractivity (Wildman–Crippen MR) is 72.3 cm³/mol. The van der Waals surface area contributed by atoms with Gasteiger partial charge in [0.2, 0.25) is 5.91 Å². The Labute approximate surface area is 115 Å². The minimum Gasteiger partial charge on any atom is -0.381 e. The second-order valence-electron chi connectivity index (χ2n) is 5.84. The van der Waals surface area contributed by atoms with Crippen LogP contribution in [0.2, 0.25) is 0 Å². The lowest BCUT2D eigenvalue weighted by molar-refractivity contribution is -0.122. The first-order valence-electron chi connectivity index (χ1n) is 7.54. The van der Waals surface area contributed by atoms with E-state index in [9.17, 15) is 4.79 Å². The van der Waals surface area contributed by atoms with Crippen LogP contribution in [0.3, 0.4) is 0 Å². The Morgan fingerprint density at radius 1 is 1.16 bits per heavy atom. The Morgan fingerprint density at radius 2 is 1.84 bits per heavy atom. The first-order chi connectivity index (χ1) is 9.28. The largest absolute Gasteiger partial charge is 0.381 e. The van der Waals surface area contributed by atoms with Crippen molar-refractivity contribution in [3.8, 4) is 6.07 Å². The summed E-state index contributed by atoms with van der Waals surface area (Å²) in [6.07, 6.45) is 7.61. The average molecular weight is 264 g/mol. The molecule has 0 atom stereocenters. The fourth-order valence-corrected chi connectivity index (χ4v) is 3.04. The van der Waals surface area contributed by atoms with Gasteiger partial charge in [-0.05, 0) is 50.9 Å². The Bertz CT molecular complexity index is 324. The van der Waals surface area contributed by atoms with Crippen molar-refractivity contribution in [1.29, 1.82) is 5.26 Å². The molecule has 1 amide bonds. The van der Waals surface area contributed by atoms with Crippen LogP contribution in [-0.4, -0.2) is 25.2 Å². The molecule has 0 radical (unpaired) electrons. The van der Waals surface area contributed by atoms with Crippen molar-refractivity contribution in [1.82, 2.24) is 5.32 Å². The molecule has 1 saturated heterocycles. The fourth-order valence-electron chi connectivity index (χ4n) is 3.04. The molecule has 4 heteroatoms. The molecule has 2 aliphatic rings. The lowest BCUT2D eigenvalue weighted by atomic mass is 9.87. The van der Waals surface area contributed by atoms with Crippen molar-refractivity contribution in [2.75, 3.05) is 13.2 Å². The Morgan fingerprint density at radius 3 is 2.47 bits per heavy atom. The molecule has 0 unspecified atom stereocenters. The van der Waals surface area contributed by atoms with Gasteiger partial charge in [-0.25, -0.2) is 0 Å². The number of nitrogens with zero attached hydrogens (tertiary/aromatic N) is 1. The van der Waals surface area contributed by atoms with Crippen molar-refractivity contribution in [3.63, 3.8) is 0 Å². The maximum absolute atomic E-state index is 11.9. The van der Waals surface area contributed by atoms with Gasteiger partial charge in [-0.1, -0.05) is 0 Å². The number of nitrogens with one attached hydrogen (secondary N) is 1. The van der Waals surface area contributed by atoms with E-state index >= 15 is 0 Å². The zero-order valence-corrected chi connectivity index (χ0v) is 11.6. The minimum atomic E-state index is 0.187. The number of nitriles is 1. The van der Waals surface area contributed by atoms with Gasteiger partial charge in [0.05, 0.1) is 6.07 Å². The number of carbonyl (C=O) groups excluding carboxylic acids is 1. The molecule has 1 saturated carbocycles. The van der Waals surface area contributed by atoms with E-state index < -0.39 is 0 Å². The van der Waals surface area contributed by atoms with Crippen molar-refractivity contribution in [3.05, 3.63) is 0 Å². The van der Waals surface area contributed by atoms with Gasteiger partial charge in [-0.15, -0.1) is 0 Å². The molecule has 2 fully saturated rings. The van der Waals surface area contributed by atoms with Gasteiger partial charge in [0.1, 0.15) is 0 Å². The average Bonchev–Trinajstić information content (AvgIpc) is 2.47. The summed E-state index contributed by atoms with van der Waals surface area (Å²) in [4.78, 5) is 11.9. The second-order valence-corrected chi connectivity index (χ2v) is 5.84. The molecule has 1 heterocycles. The maximum Gasteiger partial charge on any atom is 0.220 e. The molecular formula is C15H24N2O2. The summed E-state index contributed by atoms with van der Waals surface area (Å²) in [5.41, 5.74) is 0. The van der Waals surface area contributed by atoms with Gasteiger partial charge in [0.25, 0.3) is 0 Å². The van der Waals surface area contributed by atoms with Gasteiger partial charge >= 0.3 is 0 Å². The first-order valence-corrected chi connectivity index (χ1v) is 7.54. The highest BCUT2D eigenvalue weighted by Gasteiger charge is 2.22. The molecule has 2 rings (SSSR count). The summed E-state index contributed by atoms with van der Waals surface area (Å²) >= 11 is 0. The lowest BCUT2D eigenvalue weighted by Gasteiger charge is -2.26. The predicted octanol–water partition coefficient (Wildman–Crippen LogP) is 2.39. The number of hydrogen-bond acceptors (Lipinski definition) is 3. The standard InChI is InChI=1S/C15H24N2O2/c16-11-13-1-4-14(5-2-13)17-15(18)6-3-12-7-9-19-10-8-12/h12-14H,1-10H2,(H,17,18). The van der Waals surface area contributed by atoms with Gasteiger partial charge in [-0.2, -0.15) is 5.26 Å². The highest BCUT2D eigenvalue weighted by Crippen LogP contribution is 2.24. The number of amides is 1. The SMILES string of the molecule is N#CC1CCC(NC(=O)CCC2CCOCC2)CC1. The Hall–Kier alpha value is -1.08. The topological polar surface area (TPSA) is 62.1 Å². The molecule has 1 aliphatic heterocycles. The van der Waals surface area contributed by atoms with Crippen LogP contribution < -0.4 is 5.32 Å². The van der Waals surface area contributed by atoms with Gasteiger partial charge in [0.15, 0.2) is 0 Å². The Balaban J connectivity index is 1.60. The fraction of sp³-hybridized carbons (Fsp3) is 0.867. The zero-order valence-electron chi connectivity index (χ0n) is 11.6. The van der Waals surface area contributed by atoms with Crippen LogP contribution in [-0.2, 0) is 9.53 Å². The van der Waals surface area contributed by atoms with Crippen LogP contribution >= 0.6 is 0 Å². The van der Waals surface area contributed by atoms with E-state index in [1.165, 1.54) is 0 Å². The van der Waals surface area contributed by atoms with E-state index in [1.807, 2.05) is 0 Å². The van der Waals surface area contributed by atoms with Crippen molar-refractivity contribution in [2.45, 2.75) is 57.4 Å². The number of rotatable bonds is 4. The maximum atomic E-state index is 11.9. The van der Waals surface area contributed by atoms with Crippen LogP contribution in [0.15, 0.2) is 0 Å². The van der Waals surface area contributed by atoms with Gasteiger partial charge in [-0.3, -0.25) is 4.79 Å². The summed E-state index contributed by atoms with van der Waals surface area (Å²) in [6, 6.07) is 2.62. The molecule has 1 aliphatic carbocycles. The number of ether oxygens (including phenoxy) is 1. The highest BCUT2D eigenvalue weighted by atomic mass is 16.5. The molecule has 0 aromatic heterocycles. The second kappa shape index (κ2) is 7.49. The van der Waals surface area contributed by atoms with Crippen molar-refractivity contribution >= 4 is 5.91 Å². The summed E-state index contributed by atoms with van der Waals surface area (Å²) in [6.45, 7) is 1.70. The monoisotopic (exact) mass is 264 g/mol. The molecule has 19 heavy (non-hydrogen) atoms. The van der Waals surface area contributed by atoms with E-state index in [0.29, 0.717) is 18.4 Å². The van der Waals surface area contributed by atoms with E-state index in [0.717, 1.165) is 58.2 Å². The van der Waals surface area contributed by atoms with E-state index in [1.54, 1.807) is 0 Å². The quantitative estimate of drug-likeness (QED) is 0.848. The van der Waals surface area contributed by atoms with Gasteiger partial charge in [0, 0.05) is 31.6 Å². The van der Waals surface area contributed by atoms with Crippen molar-refractivity contribution in [2.24, 2.45) is 11.8 Å². The van der Waals surface area contributed by atoms with E-state index in [-0.39, 0.29) is 11.8 Å². The van der Waals surface area contributed by atoms with Crippen LogP contribution in [0.5, 0.6) is 0 Å². The van der Waals surface area contributed by atoms with Crippen LogP contribution in [0.4, 0.5) is 0 Å². The summed E-state index contributed by atoms with van der Waals surface area (Å²) in [7, 11) is 0. The highest BCUT2D eigenvalue weighted by molar-refractivity contribution is 5.76.